The lowest BCUT2D eigenvalue weighted by Gasteiger charge is -2.14. The predicted molar refractivity (Wildman–Crippen MR) is 105 cm³/mol. The number of aryl methyl sites for hydroxylation is 1. The van der Waals surface area contributed by atoms with Gasteiger partial charge in [-0.2, -0.15) is 0 Å². The van der Waals surface area contributed by atoms with E-state index in [0.717, 1.165) is 16.3 Å². The molecule has 0 aliphatic heterocycles. The molecule has 4 aromatic rings. The normalized spacial score (nSPS) is 12.4. The van der Waals surface area contributed by atoms with Gasteiger partial charge in [0.05, 0.1) is 46.5 Å². The van der Waals surface area contributed by atoms with Crippen LogP contribution in [0.3, 0.4) is 0 Å². The van der Waals surface area contributed by atoms with E-state index in [1.807, 2.05) is 24.4 Å². The van der Waals surface area contributed by atoms with Crippen molar-refractivity contribution in [1.29, 1.82) is 0 Å². The third-order valence-corrected chi connectivity index (χ3v) is 5.10. The van der Waals surface area contributed by atoms with Gasteiger partial charge in [0.1, 0.15) is 5.52 Å². The van der Waals surface area contributed by atoms with Gasteiger partial charge in [-0.25, -0.2) is 15.0 Å². The highest BCUT2D eigenvalue weighted by Crippen LogP contribution is 2.29. The minimum absolute atomic E-state index is 0.147. The summed E-state index contributed by atoms with van der Waals surface area (Å²) in [5, 5.41) is 12.7. The summed E-state index contributed by atoms with van der Waals surface area (Å²) >= 11 is 1.53. The molecule has 0 aliphatic rings. The van der Waals surface area contributed by atoms with Crippen molar-refractivity contribution in [3.63, 3.8) is 0 Å². The van der Waals surface area contributed by atoms with Gasteiger partial charge >= 0.3 is 0 Å². The van der Waals surface area contributed by atoms with E-state index < -0.39 is 0 Å². The molecule has 4 aromatic heterocycles. The Balaban J connectivity index is 2.06. The van der Waals surface area contributed by atoms with Crippen LogP contribution in [0.5, 0.6) is 0 Å². The van der Waals surface area contributed by atoms with E-state index in [2.05, 4.69) is 15.0 Å². The molecule has 136 valence electrons. The number of pyridine rings is 2. The molecular formula is C19H17N5O2S. The third kappa shape index (κ3) is 3.13. The average molecular weight is 379 g/mol. The Morgan fingerprint density at radius 2 is 2.15 bits per heavy atom. The first kappa shape index (κ1) is 17.4. The van der Waals surface area contributed by atoms with Crippen LogP contribution in [0.1, 0.15) is 18.0 Å². The Morgan fingerprint density at radius 1 is 1.30 bits per heavy atom. The Bertz CT molecular complexity index is 1170. The maximum absolute atomic E-state index is 13.1. The maximum atomic E-state index is 13.1. The fourth-order valence-electron chi connectivity index (χ4n) is 2.86. The lowest BCUT2D eigenvalue weighted by Crippen LogP contribution is -2.25. The molecule has 0 saturated carbocycles. The number of fused-ring (bicyclic) bond motifs is 1. The van der Waals surface area contributed by atoms with Gasteiger partial charge in [0, 0.05) is 23.3 Å². The maximum Gasteiger partial charge on any atom is 0.261 e. The lowest BCUT2D eigenvalue weighted by molar-refractivity contribution is 0.236. The van der Waals surface area contributed by atoms with Gasteiger partial charge in [-0.05, 0) is 32.0 Å². The first-order valence-electron chi connectivity index (χ1n) is 8.44. The van der Waals surface area contributed by atoms with Crippen molar-refractivity contribution < 1.29 is 5.11 Å². The van der Waals surface area contributed by atoms with E-state index in [0.29, 0.717) is 22.3 Å². The standard InChI is InChI=1S/C19H17N5O2S/c1-11(8-25)24-10-21-18-14(19(24)26)6-15(16-9-27-12(2)22-16)23-17(18)13-4-3-5-20-7-13/h3-7,9-11,25H,8H2,1-2H3/t11-/m0/s1. The molecule has 4 rings (SSSR count). The Hall–Kier alpha value is -2.97. The van der Waals surface area contributed by atoms with E-state index in [4.69, 9.17) is 4.98 Å². The molecule has 1 N–H and O–H groups in total. The second kappa shape index (κ2) is 6.98. The van der Waals surface area contributed by atoms with Crippen molar-refractivity contribution in [2.45, 2.75) is 19.9 Å². The van der Waals surface area contributed by atoms with Crippen molar-refractivity contribution in [3.05, 3.63) is 57.7 Å². The number of hydrogen-bond donors (Lipinski definition) is 1. The van der Waals surface area contributed by atoms with Gasteiger partial charge < -0.3 is 5.11 Å². The smallest absolute Gasteiger partial charge is 0.261 e. The molecule has 4 heterocycles. The van der Waals surface area contributed by atoms with Crippen LogP contribution >= 0.6 is 11.3 Å². The molecule has 7 nitrogen and oxygen atoms in total. The third-order valence-electron chi connectivity index (χ3n) is 4.32. The Morgan fingerprint density at radius 3 is 2.81 bits per heavy atom. The van der Waals surface area contributed by atoms with E-state index in [1.165, 1.54) is 22.2 Å². The van der Waals surface area contributed by atoms with Crippen LogP contribution < -0.4 is 5.56 Å². The highest BCUT2D eigenvalue weighted by molar-refractivity contribution is 7.09. The molecular weight excluding hydrogens is 362 g/mol. The van der Waals surface area contributed by atoms with Crippen molar-refractivity contribution in [3.8, 4) is 22.6 Å². The number of aromatic nitrogens is 5. The highest BCUT2D eigenvalue weighted by atomic mass is 32.1. The summed E-state index contributed by atoms with van der Waals surface area (Å²) in [4.78, 5) is 30.9. The van der Waals surface area contributed by atoms with E-state index in [9.17, 15) is 9.90 Å². The molecule has 0 amide bonds. The van der Waals surface area contributed by atoms with Crippen molar-refractivity contribution in [1.82, 2.24) is 24.5 Å². The molecule has 0 bridgehead atoms. The summed E-state index contributed by atoms with van der Waals surface area (Å²) in [7, 11) is 0. The number of nitrogens with zero attached hydrogens (tertiary/aromatic N) is 5. The molecule has 0 saturated heterocycles. The van der Waals surface area contributed by atoms with Crippen LogP contribution in [0, 0.1) is 6.92 Å². The van der Waals surface area contributed by atoms with Gasteiger partial charge in [-0.3, -0.25) is 14.3 Å². The SMILES string of the molecule is Cc1nc(-c2cc3c(=O)n([C@@H](C)CO)cnc3c(-c3cccnc3)n2)cs1. The minimum Gasteiger partial charge on any atom is -0.394 e. The number of hydrogen-bond acceptors (Lipinski definition) is 7. The zero-order valence-electron chi connectivity index (χ0n) is 14.8. The van der Waals surface area contributed by atoms with Gasteiger partial charge in [-0.15, -0.1) is 11.3 Å². The molecule has 0 aromatic carbocycles. The monoisotopic (exact) mass is 379 g/mol. The van der Waals surface area contributed by atoms with Crippen molar-refractivity contribution in [2.24, 2.45) is 0 Å². The van der Waals surface area contributed by atoms with Crippen LogP contribution in [-0.2, 0) is 0 Å². The molecule has 27 heavy (non-hydrogen) atoms. The number of aliphatic hydroxyl groups is 1. The predicted octanol–water partition coefficient (Wildman–Crippen LogP) is 2.84. The van der Waals surface area contributed by atoms with Gasteiger partial charge in [0.15, 0.2) is 0 Å². The summed E-state index contributed by atoms with van der Waals surface area (Å²) in [6, 6.07) is 5.06. The number of aliphatic hydroxyl groups excluding tert-OH is 1. The Labute approximate surface area is 159 Å². The quantitative estimate of drug-likeness (QED) is 0.586. The Kier molecular flexibility index (Phi) is 4.51. The average Bonchev–Trinajstić information content (AvgIpc) is 3.14. The highest BCUT2D eigenvalue weighted by Gasteiger charge is 2.17. The zero-order chi connectivity index (χ0) is 19.0. The first-order valence-corrected chi connectivity index (χ1v) is 9.32. The van der Waals surface area contributed by atoms with E-state index in [-0.39, 0.29) is 18.2 Å². The van der Waals surface area contributed by atoms with E-state index >= 15 is 0 Å². The second-order valence-corrected chi connectivity index (χ2v) is 7.30. The minimum atomic E-state index is -0.366. The van der Waals surface area contributed by atoms with Crippen LogP contribution in [0.4, 0.5) is 0 Å². The van der Waals surface area contributed by atoms with Gasteiger partial charge in [0.2, 0.25) is 0 Å². The van der Waals surface area contributed by atoms with E-state index in [1.54, 1.807) is 25.4 Å². The van der Waals surface area contributed by atoms with Crippen LogP contribution in [0.2, 0.25) is 0 Å². The fraction of sp³-hybridized carbons (Fsp3) is 0.211. The molecule has 0 fully saturated rings. The molecule has 0 unspecified atom stereocenters. The molecule has 0 aliphatic carbocycles. The number of thiazole rings is 1. The summed E-state index contributed by atoms with van der Waals surface area (Å²) in [6.07, 6.45) is 4.84. The van der Waals surface area contributed by atoms with Crippen molar-refractivity contribution in [2.75, 3.05) is 6.61 Å². The summed E-state index contributed by atoms with van der Waals surface area (Å²) in [5.74, 6) is 0. The largest absolute Gasteiger partial charge is 0.394 e. The summed E-state index contributed by atoms with van der Waals surface area (Å²) in [5.41, 5.74) is 2.97. The lowest BCUT2D eigenvalue weighted by atomic mass is 10.1. The molecule has 1 atom stereocenters. The molecule has 0 radical (unpaired) electrons. The van der Waals surface area contributed by atoms with Crippen LogP contribution in [0.25, 0.3) is 33.5 Å². The summed E-state index contributed by atoms with van der Waals surface area (Å²) in [6.45, 7) is 3.54. The van der Waals surface area contributed by atoms with Crippen LogP contribution in [0.15, 0.2) is 47.1 Å². The van der Waals surface area contributed by atoms with Gasteiger partial charge in [0.25, 0.3) is 5.56 Å². The molecule has 8 heteroatoms. The van der Waals surface area contributed by atoms with Gasteiger partial charge in [-0.1, -0.05) is 0 Å². The number of rotatable bonds is 4. The molecule has 0 spiro atoms. The zero-order valence-corrected chi connectivity index (χ0v) is 15.6. The fourth-order valence-corrected chi connectivity index (χ4v) is 3.47. The van der Waals surface area contributed by atoms with Crippen LogP contribution in [-0.4, -0.2) is 36.2 Å². The summed E-state index contributed by atoms with van der Waals surface area (Å²) < 4.78 is 1.44. The topological polar surface area (TPSA) is 93.8 Å². The first-order chi connectivity index (χ1) is 13.1. The van der Waals surface area contributed by atoms with Crippen molar-refractivity contribution >= 4 is 22.2 Å². The second-order valence-electron chi connectivity index (χ2n) is 6.23.